The normalized spacial score (nSPS) is 12.8. The van der Waals surface area contributed by atoms with Crippen LogP contribution in [0.2, 0.25) is 0 Å². The Morgan fingerprint density at radius 3 is 2.30 bits per heavy atom. The number of hydrogen-bond donors (Lipinski definition) is 1. The highest BCUT2D eigenvalue weighted by Gasteiger charge is 2.20. The van der Waals surface area contributed by atoms with Gasteiger partial charge >= 0.3 is 0 Å². The third kappa shape index (κ3) is 5.16. The van der Waals surface area contributed by atoms with Crippen LogP contribution in [0.15, 0.2) is 36.4 Å². The zero-order valence-corrected chi connectivity index (χ0v) is 17.0. The van der Waals surface area contributed by atoms with E-state index in [0.29, 0.717) is 17.2 Å². The van der Waals surface area contributed by atoms with Gasteiger partial charge in [0.15, 0.2) is 17.6 Å². The van der Waals surface area contributed by atoms with Crippen molar-refractivity contribution in [3.8, 4) is 17.2 Å². The molecule has 0 bridgehead atoms. The van der Waals surface area contributed by atoms with E-state index < -0.39 is 6.10 Å². The molecule has 2 aromatic carbocycles. The minimum atomic E-state index is -0.596. The average Bonchev–Trinajstić information content (AvgIpc) is 2.68. The van der Waals surface area contributed by atoms with Crippen molar-refractivity contribution < 1.29 is 19.0 Å². The molecular formula is C22H29NO4. The minimum Gasteiger partial charge on any atom is -0.493 e. The lowest BCUT2D eigenvalue weighted by atomic mass is 10.0. The van der Waals surface area contributed by atoms with Gasteiger partial charge in [-0.3, -0.25) is 4.79 Å². The molecule has 0 aliphatic rings. The van der Waals surface area contributed by atoms with Crippen molar-refractivity contribution in [3.63, 3.8) is 0 Å². The number of hydrogen-bond acceptors (Lipinski definition) is 4. The van der Waals surface area contributed by atoms with Crippen molar-refractivity contribution in [3.05, 3.63) is 53.1 Å². The van der Waals surface area contributed by atoms with E-state index in [4.69, 9.17) is 14.2 Å². The molecule has 2 rings (SSSR count). The van der Waals surface area contributed by atoms with Crippen molar-refractivity contribution in [2.45, 2.75) is 46.3 Å². The number of amides is 1. The number of carbonyl (C=O) groups is 1. The second kappa shape index (κ2) is 9.31. The van der Waals surface area contributed by atoms with Crippen LogP contribution in [-0.4, -0.2) is 26.2 Å². The average molecular weight is 371 g/mol. The molecule has 27 heavy (non-hydrogen) atoms. The van der Waals surface area contributed by atoms with Gasteiger partial charge in [0.1, 0.15) is 5.75 Å². The van der Waals surface area contributed by atoms with Gasteiger partial charge in [0.25, 0.3) is 5.91 Å². The maximum atomic E-state index is 12.6. The van der Waals surface area contributed by atoms with E-state index in [0.717, 1.165) is 17.5 Å². The van der Waals surface area contributed by atoms with Gasteiger partial charge in [0, 0.05) is 0 Å². The SMILES string of the molecule is CC[C@@H](NC(=O)[C@H](C)Oc1ccc(C)c(C)c1)c1ccc(OC)c(OC)c1. The molecule has 0 fully saturated rings. The molecule has 5 heteroatoms. The summed E-state index contributed by atoms with van der Waals surface area (Å²) in [5.74, 6) is 1.84. The molecule has 146 valence electrons. The highest BCUT2D eigenvalue weighted by atomic mass is 16.5. The highest BCUT2D eigenvalue weighted by molar-refractivity contribution is 5.81. The minimum absolute atomic E-state index is 0.136. The second-order valence-corrected chi connectivity index (χ2v) is 6.59. The molecule has 2 aromatic rings. The van der Waals surface area contributed by atoms with Gasteiger partial charge in [-0.25, -0.2) is 0 Å². The van der Waals surface area contributed by atoms with Gasteiger partial charge in [-0.15, -0.1) is 0 Å². The van der Waals surface area contributed by atoms with Crippen molar-refractivity contribution >= 4 is 5.91 Å². The van der Waals surface area contributed by atoms with Crippen molar-refractivity contribution in [2.75, 3.05) is 14.2 Å². The Hall–Kier alpha value is -2.69. The summed E-state index contributed by atoms with van der Waals surface area (Å²) in [7, 11) is 3.20. The molecule has 0 radical (unpaired) electrons. The Kier molecular flexibility index (Phi) is 7.11. The standard InChI is InChI=1S/C22H29NO4/c1-7-19(17-9-11-20(25-5)21(13-17)26-6)23-22(24)16(4)27-18-10-8-14(2)15(3)12-18/h8-13,16,19H,7H2,1-6H3,(H,23,24)/t16-,19+/m0/s1. The molecule has 2 atom stereocenters. The largest absolute Gasteiger partial charge is 0.493 e. The van der Waals surface area contributed by atoms with Gasteiger partial charge in [0.05, 0.1) is 20.3 Å². The summed E-state index contributed by atoms with van der Waals surface area (Å²) in [6.07, 6.45) is 0.152. The van der Waals surface area contributed by atoms with Crippen LogP contribution in [0, 0.1) is 13.8 Å². The van der Waals surface area contributed by atoms with E-state index in [1.165, 1.54) is 5.56 Å². The Bertz CT molecular complexity index is 788. The summed E-state index contributed by atoms with van der Waals surface area (Å²) < 4.78 is 16.5. The fraction of sp³-hybridized carbons (Fsp3) is 0.409. The first-order valence-electron chi connectivity index (χ1n) is 9.15. The van der Waals surface area contributed by atoms with Gasteiger partial charge in [-0.05, 0) is 68.1 Å². The molecule has 0 saturated carbocycles. The van der Waals surface area contributed by atoms with Crippen molar-refractivity contribution in [2.24, 2.45) is 0 Å². The molecule has 1 N–H and O–H groups in total. The molecule has 5 nitrogen and oxygen atoms in total. The molecule has 0 heterocycles. The van der Waals surface area contributed by atoms with Crippen molar-refractivity contribution in [1.82, 2.24) is 5.32 Å². The lowest BCUT2D eigenvalue weighted by molar-refractivity contribution is -0.128. The second-order valence-electron chi connectivity index (χ2n) is 6.59. The number of methoxy groups -OCH3 is 2. The van der Waals surface area contributed by atoms with E-state index >= 15 is 0 Å². The Morgan fingerprint density at radius 1 is 1.00 bits per heavy atom. The summed E-state index contributed by atoms with van der Waals surface area (Å²) in [6, 6.07) is 11.4. The summed E-state index contributed by atoms with van der Waals surface area (Å²) >= 11 is 0. The van der Waals surface area contributed by atoms with Crippen LogP contribution in [-0.2, 0) is 4.79 Å². The van der Waals surface area contributed by atoms with Crippen LogP contribution < -0.4 is 19.5 Å². The first-order chi connectivity index (χ1) is 12.9. The van der Waals surface area contributed by atoms with Gasteiger partial charge in [-0.2, -0.15) is 0 Å². The number of rotatable bonds is 8. The van der Waals surface area contributed by atoms with Crippen LogP contribution in [0.5, 0.6) is 17.2 Å². The molecule has 0 spiro atoms. The zero-order valence-electron chi connectivity index (χ0n) is 17.0. The first kappa shape index (κ1) is 20.6. The molecule has 0 aliphatic heterocycles. The van der Waals surface area contributed by atoms with E-state index in [9.17, 15) is 4.79 Å². The maximum absolute atomic E-state index is 12.6. The van der Waals surface area contributed by atoms with E-state index in [1.54, 1.807) is 21.1 Å². The zero-order chi connectivity index (χ0) is 20.0. The van der Waals surface area contributed by atoms with E-state index in [1.807, 2.05) is 57.2 Å². The summed E-state index contributed by atoms with van der Waals surface area (Å²) in [5.41, 5.74) is 3.29. The number of ether oxygens (including phenoxy) is 3. The lowest BCUT2D eigenvalue weighted by Gasteiger charge is -2.22. The van der Waals surface area contributed by atoms with Crippen molar-refractivity contribution in [1.29, 1.82) is 0 Å². The fourth-order valence-electron chi connectivity index (χ4n) is 2.82. The molecular weight excluding hydrogens is 342 g/mol. The summed E-state index contributed by atoms with van der Waals surface area (Å²) in [4.78, 5) is 12.6. The Labute approximate surface area is 161 Å². The van der Waals surface area contributed by atoms with Gasteiger partial charge in [-0.1, -0.05) is 19.1 Å². The molecule has 0 aromatic heterocycles. The fourth-order valence-corrected chi connectivity index (χ4v) is 2.82. The number of carbonyl (C=O) groups excluding carboxylic acids is 1. The molecule has 0 aliphatic carbocycles. The highest BCUT2D eigenvalue weighted by Crippen LogP contribution is 2.31. The van der Waals surface area contributed by atoms with Crippen LogP contribution in [0.3, 0.4) is 0 Å². The van der Waals surface area contributed by atoms with Crippen LogP contribution in [0.4, 0.5) is 0 Å². The number of benzene rings is 2. The van der Waals surface area contributed by atoms with Gasteiger partial charge in [0.2, 0.25) is 0 Å². The summed E-state index contributed by atoms with van der Waals surface area (Å²) in [6.45, 7) is 7.85. The molecule has 0 unspecified atom stereocenters. The predicted octanol–water partition coefficient (Wildman–Crippen LogP) is 4.36. The number of aryl methyl sites for hydroxylation is 2. The van der Waals surface area contributed by atoms with E-state index in [-0.39, 0.29) is 11.9 Å². The monoisotopic (exact) mass is 371 g/mol. The molecule has 1 amide bonds. The first-order valence-corrected chi connectivity index (χ1v) is 9.15. The Balaban J connectivity index is 2.08. The predicted molar refractivity (Wildman–Crippen MR) is 107 cm³/mol. The smallest absolute Gasteiger partial charge is 0.261 e. The van der Waals surface area contributed by atoms with Crippen LogP contribution >= 0.6 is 0 Å². The molecule has 0 saturated heterocycles. The third-order valence-electron chi connectivity index (χ3n) is 4.70. The van der Waals surface area contributed by atoms with Crippen LogP contribution in [0.1, 0.15) is 43.0 Å². The summed E-state index contributed by atoms with van der Waals surface area (Å²) in [5, 5.41) is 3.06. The third-order valence-corrected chi connectivity index (χ3v) is 4.70. The van der Waals surface area contributed by atoms with Crippen LogP contribution in [0.25, 0.3) is 0 Å². The topological polar surface area (TPSA) is 56.8 Å². The Morgan fingerprint density at radius 2 is 1.70 bits per heavy atom. The maximum Gasteiger partial charge on any atom is 0.261 e. The van der Waals surface area contributed by atoms with E-state index in [2.05, 4.69) is 5.32 Å². The number of nitrogens with one attached hydrogen (secondary N) is 1. The lowest BCUT2D eigenvalue weighted by Crippen LogP contribution is -2.38. The van der Waals surface area contributed by atoms with Gasteiger partial charge < -0.3 is 19.5 Å². The quantitative estimate of drug-likeness (QED) is 0.749.